The van der Waals surface area contributed by atoms with Crippen LogP contribution in [0.5, 0.6) is 5.75 Å². The Balaban J connectivity index is 1.46. The van der Waals surface area contributed by atoms with Crippen molar-refractivity contribution in [3.05, 3.63) is 47.5 Å². The van der Waals surface area contributed by atoms with Gasteiger partial charge in [0.05, 0.1) is 18.3 Å². The van der Waals surface area contributed by atoms with Gasteiger partial charge in [0.15, 0.2) is 0 Å². The number of imidazole rings is 1. The lowest BCUT2D eigenvalue weighted by atomic mass is 9.94. The standard InChI is InChI=1S/C18H20ClN3O2/c19-15-3-4-17-13(9-15)8-14(11-24-17)18(23)21-6-1-2-16(10-21)22-7-5-20-12-22/h3-5,7,9,12,14,16H,1-2,6,8,10-11H2/t14-,16+/m0/s1. The number of amides is 1. The van der Waals surface area contributed by atoms with Gasteiger partial charge < -0.3 is 14.2 Å². The Labute approximate surface area is 146 Å². The summed E-state index contributed by atoms with van der Waals surface area (Å²) in [7, 11) is 0. The fourth-order valence-electron chi connectivity index (χ4n) is 3.66. The Bertz CT molecular complexity index is 732. The molecule has 1 saturated heterocycles. The van der Waals surface area contributed by atoms with Crippen LogP contribution < -0.4 is 4.74 Å². The molecule has 0 spiro atoms. The van der Waals surface area contributed by atoms with Crippen molar-refractivity contribution in [1.29, 1.82) is 0 Å². The zero-order chi connectivity index (χ0) is 16.5. The fraction of sp³-hybridized carbons (Fsp3) is 0.444. The minimum Gasteiger partial charge on any atom is -0.492 e. The number of rotatable bonds is 2. The molecule has 2 aliphatic rings. The summed E-state index contributed by atoms with van der Waals surface area (Å²) in [6.45, 7) is 2.01. The molecular formula is C18H20ClN3O2. The largest absolute Gasteiger partial charge is 0.492 e. The van der Waals surface area contributed by atoms with Crippen molar-refractivity contribution in [3.8, 4) is 5.75 Å². The summed E-state index contributed by atoms with van der Waals surface area (Å²) in [6.07, 6.45) is 8.39. The number of aromatic nitrogens is 2. The molecule has 0 radical (unpaired) electrons. The second-order valence-electron chi connectivity index (χ2n) is 6.55. The number of nitrogens with zero attached hydrogens (tertiary/aromatic N) is 3. The first-order valence-electron chi connectivity index (χ1n) is 8.38. The quantitative estimate of drug-likeness (QED) is 0.840. The summed E-state index contributed by atoms with van der Waals surface area (Å²) < 4.78 is 7.88. The molecule has 2 aromatic rings. The van der Waals surface area contributed by atoms with E-state index in [0.29, 0.717) is 24.1 Å². The second-order valence-corrected chi connectivity index (χ2v) is 6.99. The molecular weight excluding hydrogens is 326 g/mol. The molecule has 24 heavy (non-hydrogen) atoms. The van der Waals surface area contributed by atoms with E-state index in [1.54, 1.807) is 6.20 Å². The van der Waals surface area contributed by atoms with Crippen molar-refractivity contribution in [2.24, 2.45) is 5.92 Å². The van der Waals surface area contributed by atoms with Gasteiger partial charge in [-0.2, -0.15) is 0 Å². The molecule has 0 unspecified atom stereocenters. The third-order valence-electron chi connectivity index (χ3n) is 4.93. The first-order chi connectivity index (χ1) is 11.7. The maximum atomic E-state index is 13.0. The number of carbonyl (C=O) groups excluding carboxylic acids is 1. The highest BCUT2D eigenvalue weighted by molar-refractivity contribution is 6.30. The lowest BCUT2D eigenvalue weighted by Gasteiger charge is -2.36. The average molecular weight is 346 g/mol. The van der Waals surface area contributed by atoms with E-state index in [1.165, 1.54) is 0 Å². The zero-order valence-corrected chi connectivity index (χ0v) is 14.2. The Kier molecular flexibility index (Phi) is 4.19. The van der Waals surface area contributed by atoms with E-state index in [2.05, 4.69) is 9.55 Å². The molecule has 5 nitrogen and oxygen atoms in total. The molecule has 3 heterocycles. The molecule has 6 heteroatoms. The predicted octanol–water partition coefficient (Wildman–Crippen LogP) is 2.95. The molecule has 0 aliphatic carbocycles. The molecule has 2 atom stereocenters. The minimum atomic E-state index is -0.127. The van der Waals surface area contributed by atoms with Gasteiger partial charge in [-0.05, 0) is 43.0 Å². The monoisotopic (exact) mass is 345 g/mol. The van der Waals surface area contributed by atoms with Crippen molar-refractivity contribution < 1.29 is 9.53 Å². The summed E-state index contributed by atoms with van der Waals surface area (Å²) in [5.74, 6) is 0.904. The summed E-state index contributed by atoms with van der Waals surface area (Å²) in [5, 5.41) is 0.684. The van der Waals surface area contributed by atoms with Crippen LogP contribution >= 0.6 is 11.6 Å². The van der Waals surface area contributed by atoms with E-state index >= 15 is 0 Å². The average Bonchev–Trinajstić information content (AvgIpc) is 3.15. The molecule has 0 bridgehead atoms. The molecule has 1 amide bonds. The van der Waals surface area contributed by atoms with Gasteiger partial charge in [0.25, 0.3) is 0 Å². The SMILES string of the molecule is O=C([C@@H]1COc2ccc(Cl)cc2C1)N1CCC[C@@H](n2ccnc2)C1. The number of piperidine rings is 1. The van der Waals surface area contributed by atoms with Crippen LogP contribution in [0.15, 0.2) is 36.9 Å². The lowest BCUT2D eigenvalue weighted by molar-refractivity contribution is -0.138. The number of ether oxygens (including phenoxy) is 1. The maximum Gasteiger partial charge on any atom is 0.229 e. The highest BCUT2D eigenvalue weighted by atomic mass is 35.5. The van der Waals surface area contributed by atoms with Gasteiger partial charge in [-0.15, -0.1) is 0 Å². The van der Waals surface area contributed by atoms with Crippen LogP contribution in [-0.4, -0.2) is 40.1 Å². The van der Waals surface area contributed by atoms with Crippen LogP contribution in [0.1, 0.15) is 24.4 Å². The smallest absolute Gasteiger partial charge is 0.229 e. The number of hydrogen-bond acceptors (Lipinski definition) is 3. The van der Waals surface area contributed by atoms with E-state index in [4.69, 9.17) is 16.3 Å². The Morgan fingerprint density at radius 2 is 2.29 bits per heavy atom. The van der Waals surface area contributed by atoms with Crippen LogP contribution in [0.2, 0.25) is 5.02 Å². The first kappa shape index (κ1) is 15.5. The van der Waals surface area contributed by atoms with Crippen molar-refractivity contribution in [2.75, 3.05) is 19.7 Å². The Morgan fingerprint density at radius 1 is 1.38 bits per heavy atom. The summed E-state index contributed by atoms with van der Waals surface area (Å²) in [5.41, 5.74) is 1.02. The Morgan fingerprint density at radius 3 is 3.12 bits per heavy atom. The van der Waals surface area contributed by atoms with Gasteiger partial charge in [-0.25, -0.2) is 4.98 Å². The zero-order valence-electron chi connectivity index (χ0n) is 13.4. The van der Waals surface area contributed by atoms with Crippen LogP contribution in [-0.2, 0) is 11.2 Å². The molecule has 126 valence electrons. The minimum absolute atomic E-state index is 0.127. The van der Waals surface area contributed by atoms with Gasteiger partial charge >= 0.3 is 0 Å². The molecule has 0 N–H and O–H groups in total. The number of carbonyl (C=O) groups is 1. The molecule has 4 rings (SSSR count). The summed E-state index contributed by atoms with van der Waals surface area (Å²) in [4.78, 5) is 19.1. The van der Waals surface area contributed by atoms with Crippen LogP contribution in [0.25, 0.3) is 0 Å². The van der Waals surface area contributed by atoms with Gasteiger partial charge in [0, 0.05) is 30.5 Å². The first-order valence-corrected chi connectivity index (χ1v) is 8.76. The van der Waals surface area contributed by atoms with Crippen molar-refractivity contribution in [1.82, 2.24) is 14.5 Å². The number of halogens is 1. The number of benzene rings is 1. The normalized spacial score (nSPS) is 23.5. The topological polar surface area (TPSA) is 47.4 Å². The number of likely N-dealkylation sites (tertiary alicyclic amines) is 1. The van der Waals surface area contributed by atoms with Crippen LogP contribution in [0.3, 0.4) is 0 Å². The lowest BCUT2D eigenvalue weighted by Crippen LogP contribution is -2.46. The van der Waals surface area contributed by atoms with Crippen molar-refractivity contribution in [3.63, 3.8) is 0 Å². The van der Waals surface area contributed by atoms with E-state index in [1.807, 2.05) is 35.6 Å². The fourth-order valence-corrected chi connectivity index (χ4v) is 3.86. The van der Waals surface area contributed by atoms with E-state index < -0.39 is 0 Å². The van der Waals surface area contributed by atoms with Gasteiger partial charge in [0.1, 0.15) is 12.4 Å². The van der Waals surface area contributed by atoms with Crippen LogP contribution in [0.4, 0.5) is 0 Å². The van der Waals surface area contributed by atoms with E-state index in [0.717, 1.165) is 37.2 Å². The maximum absolute atomic E-state index is 13.0. The van der Waals surface area contributed by atoms with E-state index in [9.17, 15) is 4.79 Å². The van der Waals surface area contributed by atoms with E-state index in [-0.39, 0.29) is 11.8 Å². The molecule has 0 saturated carbocycles. The molecule has 1 aromatic heterocycles. The van der Waals surface area contributed by atoms with Crippen LogP contribution in [0, 0.1) is 5.92 Å². The predicted molar refractivity (Wildman–Crippen MR) is 91.2 cm³/mol. The molecule has 2 aliphatic heterocycles. The number of fused-ring (bicyclic) bond motifs is 1. The second kappa shape index (κ2) is 6.48. The Hall–Kier alpha value is -2.01. The highest BCUT2D eigenvalue weighted by Crippen LogP contribution is 2.31. The van der Waals surface area contributed by atoms with Crippen molar-refractivity contribution >= 4 is 17.5 Å². The summed E-state index contributed by atoms with van der Waals surface area (Å²) >= 11 is 6.07. The summed E-state index contributed by atoms with van der Waals surface area (Å²) in [6, 6.07) is 5.93. The third-order valence-corrected chi connectivity index (χ3v) is 5.17. The van der Waals surface area contributed by atoms with Gasteiger partial charge in [-0.3, -0.25) is 4.79 Å². The molecule has 1 aromatic carbocycles. The van der Waals surface area contributed by atoms with Crippen molar-refractivity contribution in [2.45, 2.75) is 25.3 Å². The highest BCUT2D eigenvalue weighted by Gasteiger charge is 2.32. The van der Waals surface area contributed by atoms with Gasteiger partial charge in [-0.1, -0.05) is 11.6 Å². The molecule has 1 fully saturated rings. The third kappa shape index (κ3) is 3.00. The number of hydrogen-bond donors (Lipinski definition) is 0. The van der Waals surface area contributed by atoms with Gasteiger partial charge in [0.2, 0.25) is 5.91 Å².